The number of hydrogen-bond donors (Lipinski definition) is 0. The Bertz CT molecular complexity index is 2530. The van der Waals surface area contributed by atoms with Gasteiger partial charge in [-0.3, -0.25) is 4.98 Å². The Kier molecular flexibility index (Phi) is 6.14. The van der Waals surface area contributed by atoms with Gasteiger partial charge in [-0.05, 0) is 93.0 Å². The van der Waals surface area contributed by atoms with E-state index in [4.69, 9.17) is 4.42 Å². The molecule has 0 N–H and O–H groups in total. The van der Waals surface area contributed by atoms with Crippen LogP contribution in [0.25, 0.3) is 65.7 Å². The number of nitrogens with zero attached hydrogens (tertiary/aromatic N) is 2. The summed E-state index contributed by atoms with van der Waals surface area (Å²) in [5.74, 6) is 0. The molecule has 0 saturated carbocycles. The third kappa shape index (κ3) is 4.49. The van der Waals surface area contributed by atoms with Crippen LogP contribution in [0.4, 0.5) is 17.1 Å². The van der Waals surface area contributed by atoms with Crippen LogP contribution in [-0.4, -0.2) is 4.98 Å². The van der Waals surface area contributed by atoms with Gasteiger partial charge in [0.2, 0.25) is 0 Å². The third-order valence-electron chi connectivity index (χ3n) is 8.92. The van der Waals surface area contributed by atoms with E-state index in [1.807, 2.05) is 12.3 Å². The normalized spacial score (nSPS) is 11.5. The van der Waals surface area contributed by atoms with Crippen LogP contribution >= 0.6 is 0 Å². The summed E-state index contributed by atoms with van der Waals surface area (Å²) in [5, 5.41) is 6.90. The van der Waals surface area contributed by atoms with Crippen LogP contribution in [0.3, 0.4) is 0 Å². The quantitative estimate of drug-likeness (QED) is 0.200. The molecule has 0 unspecified atom stereocenters. The minimum atomic E-state index is 0.810. The van der Waals surface area contributed by atoms with Gasteiger partial charge in [0.15, 0.2) is 5.58 Å². The highest BCUT2D eigenvalue weighted by atomic mass is 16.3. The molecular weight excluding hydrogens is 560 g/mol. The van der Waals surface area contributed by atoms with Crippen molar-refractivity contribution in [3.63, 3.8) is 0 Å². The van der Waals surface area contributed by atoms with Gasteiger partial charge in [-0.15, -0.1) is 0 Å². The molecule has 0 saturated heterocycles. The van der Waals surface area contributed by atoms with Crippen LogP contribution in [0.2, 0.25) is 0 Å². The molecule has 0 aliphatic carbocycles. The highest BCUT2D eigenvalue weighted by Crippen LogP contribution is 2.40. The summed E-state index contributed by atoms with van der Waals surface area (Å²) < 4.78 is 6.31. The van der Waals surface area contributed by atoms with E-state index in [1.54, 1.807) is 6.20 Å². The molecule has 0 aliphatic rings. The number of pyridine rings is 1. The second-order valence-corrected chi connectivity index (χ2v) is 11.7. The summed E-state index contributed by atoms with van der Waals surface area (Å²) in [6.45, 7) is 0. The van der Waals surface area contributed by atoms with Crippen LogP contribution in [0.1, 0.15) is 0 Å². The fraction of sp³-hybridized carbons (Fsp3) is 0. The monoisotopic (exact) mass is 588 g/mol. The van der Waals surface area contributed by atoms with Crippen LogP contribution in [0.5, 0.6) is 0 Å². The standard InChI is InChI=1S/C43H28N2O/c1-2-7-29(8-3-1)34-11-6-12-37(25-34)45(38-21-17-30-9-4-5-10-33(30)26-38)36-19-15-31(16-20-36)35-14-13-32-18-22-40-39-23-24-44-28-42(39)46-43(40)41(32)27-35/h1-28H. The highest BCUT2D eigenvalue weighted by molar-refractivity contribution is 6.15. The summed E-state index contributed by atoms with van der Waals surface area (Å²) in [7, 11) is 0. The number of fused-ring (bicyclic) bond motifs is 6. The highest BCUT2D eigenvalue weighted by Gasteiger charge is 2.15. The number of furan rings is 1. The van der Waals surface area contributed by atoms with Crippen molar-refractivity contribution >= 4 is 60.5 Å². The zero-order valence-electron chi connectivity index (χ0n) is 25.0. The zero-order valence-corrected chi connectivity index (χ0v) is 25.0. The van der Waals surface area contributed by atoms with Crippen molar-refractivity contribution in [1.29, 1.82) is 0 Å². The molecule has 0 amide bonds. The molecule has 0 bridgehead atoms. The van der Waals surface area contributed by atoms with E-state index in [2.05, 4.69) is 162 Å². The number of rotatable bonds is 5. The molecule has 0 aliphatic heterocycles. The van der Waals surface area contributed by atoms with Gasteiger partial charge in [0.05, 0.1) is 6.20 Å². The summed E-state index contributed by atoms with van der Waals surface area (Å²) >= 11 is 0. The van der Waals surface area contributed by atoms with Gasteiger partial charge < -0.3 is 9.32 Å². The number of benzene rings is 7. The zero-order chi connectivity index (χ0) is 30.5. The van der Waals surface area contributed by atoms with Crippen LogP contribution in [0, 0.1) is 0 Å². The van der Waals surface area contributed by atoms with Crippen molar-refractivity contribution in [3.8, 4) is 22.3 Å². The summed E-state index contributed by atoms with van der Waals surface area (Å²) in [5.41, 5.74) is 9.71. The number of hydrogen-bond acceptors (Lipinski definition) is 3. The first-order chi connectivity index (χ1) is 22.8. The largest absolute Gasteiger partial charge is 0.454 e. The number of anilines is 3. The Hall–Kier alpha value is -6.19. The maximum Gasteiger partial charge on any atom is 0.153 e. The molecule has 9 rings (SSSR count). The molecule has 2 heterocycles. The third-order valence-corrected chi connectivity index (χ3v) is 8.92. The second-order valence-electron chi connectivity index (χ2n) is 11.7. The average Bonchev–Trinajstić information content (AvgIpc) is 3.52. The minimum absolute atomic E-state index is 0.810. The fourth-order valence-electron chi connectivity index (χ4n) is 6.61. The molecule has 0 atom stereocenters. The molecule has 3 heteroatoms. The molecule has 3 nitrogen and oxygen atoms in total. The smallest absolute Gasteiger partial charge is 0.153 e. The van der Waals surface area contributed by atoms with Crippen molar-refractivity contribution in [1.82, 2.24) is 4.98 Å². The lowest BCUT2D eigenvalue weighted by Gasteiger charge is -2.26. The van der Waals surface area contributed by atoms with E-state index >= 15 is 0 Å². The van der Waals surface area contributed by atoms with Crippen LogP contribution in [-0.2, 0) is 0 Å². The molecule has 0 radical (unpaired) electrons. The minimum Gasteiger partial charge on any atom is -0.454 e. The topological polar surface area (TPSA) is 29.3 Å². The Morgan fingerprint density at radius 1 is 0.413 bits per heavy atom. The fourth-order valence-corrected chi connectivity index (χ4v) is 6.61. The average molecular weight is 589 g/mol. The predicted molar refractivity (Wildman–Crippen MR) is 192 cm³/mol. The lowest BCUT2D eigenvalue weighted by molar-refractivity contribution is 0.670. The Balaban J connectivity index is 1.15. The molecule has 7 aromatic carbocycles. The van der Waals surface area contributed by atoms with Crippen molar-refractivity contribution in [2.45, 2.75) is 0 Å². The van der Waals surface area contributed by atoms with E-state index in [0.717, 1.165) is 60.9 Å². The van der Waals surface area contributed by atoms with E-state index < -0.39 is 0 Å². The number of aromatic nitrogens is 1. The maximum absolute atomic E-state index is 6.31. The van der Waals surface area contributed by atoms with Gasteiger partial charge >= 0.3 is 0 Å². The van der Waals surface area contributed by atoms with Gasteiger partial charge in [-0.2, -0.15) is 0 Å². The lowest BCUT2D eigenvalue weighted by atomic mass is 9.99. The lowest BCUT2D eigenvalue weighted by Crippen LogP contribution is -2.10. The first-order valence-electron chi connectivity index (χ1n) is 15.5. The van der Waals surface area contributed by atoms with E-state index in [1.165, 1.54) is 21.9 Å². The van der Waals surface area contributed by atoms with Crippen molar-refractivity contribution in [3.05, 3.63) is 170 Å². The first kappa shape index (κ1) is 26.2. The van der Waals surface area contributed by atoms with Gasteiger partial charge in [0.1, 0.15) is 5.58 Å². The van der Waals surface area contributed by atoms with E-state index in [9.17, 15) is 0 Å². The molecule has 2 aromatic heterocycles. The summed E-state index contributed by atoms with van der Waals surface area (Å²) in [4.78, 5) is 6.60. The Labute approximate surface area is 266 Å². The van der Waals surface area contributed by atoms with E-state index in [0.29, 0.717) is 0 Å². The van der Waals surface area contributed by atoms with Crippen LogP contribution in [0.15, 0.2) is 175 Å². The molecule has 9 aromatic rings. The van der Waals surface area contributed by atoms with Crippen LogP contribution < -0.4 is 4.90 Å². The van der Waals surface area contributed by atoms with Crippen molar-refractivity contribution in [2.24, 2.45) is 0 Å². The SMILES string of the molecule is c1ccc(-c2cccc(N(c3ccc(-c4ccc5ccc6c7ccncc7oc6c5c4)cc3)c3ccc4ccccc4c3)c2)cc1. The molecule has 0 spiro atoms. The second kappa shape index (κ2) is 10.8. The van der Waals surface area contributed by atoms with E-state index in [-0.39, 0.29) is 0 Å². The van der Waals surface area contributed by atoms with Gasteiger partial charge in [-0.25, -0.2) is 0 Å². The van der Waals surface area contributed by atoms with Gasteiger partial charge in [-0.1, -0.05) is 103 Å². The van der Waals surface area contributed by atoms with Gasteiger partial charge in [0.25, 0.3) is 0 Å². The molecule has 0 fully saturated rings. The first-order valence-corrected chi connectivity index (χ1v) is 15.5. The maximum atomic E-state index is 6.31. The molecule has 216 valence electrons. The summed E-state index contributed by atoms with van der Waals surface area (Å²) in [6, 6.07) is 56.4. The predicted octanol–water partition coefficient (Wildman–Crippen LogP) is 12.1. The van der Waals surface area contributed by atoms with Gasteiger partial charge in [0, 0.05) is 39.4 Å². The Morgan fingerprint density at radius 3 is 1.98 bits per heavy atom. The molecular formula is C43H28N2O. The van der Waals surface area contributed by atoms with Crippen molar-refractivity contribution in [2.75, 3.05) is 4.90 Å². The summed E-state index contributed by atoms with van der Waals surface area (Å²) in [6.07, 6.45) is 3.61. The van der Waals surface area contributed by atoms with Crippen molar-refractivity contribution < 1.29 is 4.42 Å². The Morgan fingerprint density at radius 2 is 1.09 bits per heavy atom. The molecule has 46 heavy (non-hydrogen) atoms.